The molecular formula is C15H34N3OP. The number of hydrogen-bond acceptors (Lipinski definition) is 4. The molecule has 0 aliphatic rings. The van der Waals surface area contributed by atoms with Crippen LogP contribution in [0.15, 0.2) is 0 Å². The van der Waals surface area contributed by atoms with E-state index in [4.69, 9.17) is 5.26 Å². The van der Waals surface area contributed by atoms with Crippen LogP contribution in [0.2, 0.25) is 0 Å². The monoisotopic (exact) mass is 303 g/mol. The molecule has 5 heteroatoms. The molecule has 0 spiro atoms. The molecule has 0 aliphatic heterocycles. The van der Waals surface area contributed by atoms with E-state index in [1.807, 2.05) is 0 Å². The molecule has 0 unspecified atom stereocenters. The Hall–Kier alpha value is -0.200. The summed E-state index contributed by atoms with van der Waals surface area (Å²) in [6.07, 6.45) is 0.899. The summed E-state index contributed by atoms with van der Waals surface area (Å²) in [5.41, 5.74) is 0.0848. The molecule has 0 saturated heterocycles. The van der Waals surface area contributed by atoms with E-state index in [0.717, 1.165) is 0 Å². The molecule has 0 aromatic carbocycles. The van der Waals surface area contributed by atoms with Crippen LogP contribution in [0.4, 0.5) is 0 Å². The predicted octanol–water partition coefficient (Wildman–Crippen LogP) is 3.72. The van der Waals surface area contributed by atoms with Gasteiger partial charge in [-0.1, -0.05) is 0 Å². The maximum absolute atomic E-state index is 11.9. The Morgan fingerprint density at radius 3 is 1.75 bits per heavy atom. The van der Waals surface area contributed by atoms with Crippen molar-refractivity contribution in [2.24, 2.45) is 0 Å². The molecule has 0 aromatic heterocycles. The van der Waals surface area contributed by atoms with Gasteiger partial charge >= 0.3 is 125 Å². The van der Waals surface area contributed by atoms with Crippen molar-refractivity contribution in [3.05, 3.63) is 0 Å². The summed E-state index contributed by atoms with van der Waals surface area (Å²) in [6.45, 7) is 16.7. The molecular weight excluding hydrogens is 269 g/mol. The van der Waals surface area contributed by atoms with Crippen molar-refractivity contribution in [3.8, 4) is 6.07 Å². The van der Waals surface area contributed by atoms with Gasteiger partial charge in [0.1, 0.15) is 0 Å². The molecule has 0 aliphatic carbocycles. The van der Waals surface area contributed by atoms with Gasteiger partial charge < -0.3 is 0 Å². The minimum atomic E-state index is -3.35. The Labute approximate surface area is 125 Å². The van der Waals surface area contributed by atoms with Crippen molar-refractivity contribution in [2.45, 2.75) is 85.6 Å². The van der Waals surface area contributed by atoms with Gasteiger partial charge in [-0.25, -0.2) is 0 Å². The van der Waals surface area contributed by atoms with Crippen molar-refractivity contribution < 1.29 is 4.89 Å². The molecule has 0 amide bonds. The fourth-order valence-electron chi connectivity index (χ4n) is 3.38. The van der Waals surface area contributed by atoms with Gasteiger partial charge in [0.05, 0.1) is 0 Å². The summed E-state index contributed by atoms with van der Waals surface area (Å²) in [4.78, 5) is 11.9. The third-order valence-corrected chi connectivity index (χ3v) is 10.2. The molecule has 0 saturated carbocycles. The molecule has 0 heterocycles. The third-order valence-electron chi connectivity index (χ3n) is 3.86. The van der Waals surface area contributed by atoms with E-state index in [-0.39, 0.29) is 23.8 Å². The second-order valence-electron chi connectivity index (χ2n) is 6.85. The van der Waals surface area contributed by atoms with E-state index in [2.05, 4.69) is 71.2 Å². The first-order chi connectivity index (χ1) is 9.00. The van der Waals surface area contributed by atoms with Crippen LogP contribution in [-0.2, 0) is 0 Å². The molecule has 120 valence electrons. The van der Waals surface area contributed by atoms with Gasteiger partial charge in [0.2, 0.25) is 0 Å². The fourth-order valence-corrected chi connectivity index (χ4v) is 8.95. The zero-order valence-electron chi connectivity index (χ0n) is 14.5. The molecule has 0 rings (SSSR count). The molecule has 0 bridgehead atoms. The Balaban J connectivity index is 6.02. The van der Waals surface area contributed by atoms with Gasteiger partial charge in [-0.2, -0.15) is 0 Å². The van der Waals surface area contributed by atoms with E-state index in [1.54, 1.807) is 0 Å². The van der Waals surface area contributed by atoms with Crippen LogP contribution in [0.1, 0.15) is 61.8 Å². The zero-order chi connectivity index (χ0) is 16.2. The molecule has 0 radical (unpaired) electrons. The Bertz CT molecular complexity index is 344. The van der Waals surface area contributed by atoms with Crippen molar-refractivity contribution in [1.29, 1.82) is 5.26 Å². The predicted molar refractivity (Wildman–Crippen MR) is 89.8 cm³/mol. The van der Waals surface area contributed by atoms with E-state index in [1.165, 1.54) is 0 Å². The SMILES string of the molecule is CC(C)NP(O)(CCC#N)(C(C)C)N(C(C)C)C(C)C. The minimum absolute atomic E-state index is 0.0848. The van der Waals surface area contributed by atoms with Gasteiger partial charge in [0, 0.05) is 0 Å². The molecule has 2 N–H and O–H groups in total. The van der Waals surface area contributed by atoms with E-state index >= 15 is 0 Å². The summed E-state index contributed by atoms with van der Waals surface area (Å²) >= 11 is 0. The standard InChI is InChI=1S/C15H34N3OP/c1-12(2)17-20(19,15(7)8,11-9-10-16)18(13(3)4)14(5)6/h12-15,17,19H,9,11H2,1-8H3. The van der Waals surface area contributed by atoms with Crippen molar-refractivity contribution in [1.82, 2.24) is 9.76 Å². The number of nitrogens with zero attached hydrogens (tertiary/aromatic N) is 2. The Morgan fingerprint density at radius 1 is 1.05 bits per heavy atom. The van der Waals surface area contributed by atoms with Gasteiger partial charge in [0.25, 0.3) is 0 Å². The first-order valence-electron chi connectivity index (χ1n) is 7.70. The number of hydrogen-bond donors (Lipinski definition) is 2. The number of nitriles is 1. The maximum atomic E-state index is 11.9. The van der Waals surface area contributed by atoms with Crippen LogP contribution in [0.25, 0.3) is 0 Å². The molecule has 0 fully saturated rings. The van der Waals surface area contributed by atoms with Crippen LogP contribution in [0.3, 0.4) is 0 Å². The van der Waals surface area contributed by atoms with Crippen LogP contribution in [0, 0.1) is 11.3 Å². The normalized spacial score (nSPS) is 15.2. The molecule has 0 aromatic rings. The van der Waals surface area contributed by atoms with E-state index in [0.29, 0.717) is 12.6 Å². The Kier molecular flexibility index (Phi) is 7.11. The van der Waals surface area contributed by atoms with Crippen LogP contribution >= 0.6 is 7.13 Å². The average Bonchev–Trinajstić information content (AvgIpc) is 2.24. The number of nitrogens with one attached hydrogen (secondary N) is 1. The molecule has 4 nitrogen and oxygen atoms in total. The summed E-state index contributed by atoms with van der Waals surface area (Å²) in [7, 11) is -3.35. The van der Waals surface area contributed by atoms with Crippen LogP contribution < -0.4 is 5.09 Å². The second-order valence-corrected chi connectivity index (χ2v) is 11.6. The van der Waals surface area contributed by atoms with Crippen molar-refractivity contribution >= 4 is 7.13 Å². The van der Waals surface area contributed by atoms with Crippen molar-refractivity contribution in [3.63, 3.8) is 0 Å². The molecule has 20 heavy (non-hydrogen) atoms. The number of rotatable bonds is 8. The van der Waals surface area contributed by atoms with Crippen molar-refractivity contribution in [2.75, 3.05) is 6.16 Å². The first-order valence-corrected chi connectivity index (χ1v) is 10.1. The summed E-state index contributed by atoms with van der Waals surface area (Å²) in [5.74, 6) is 0. The van der Waals surface area contributed by atoms with Gasteiger partial charge in [-0.15, -0.1) is 0 Å². The average molecular weight is 303 g/mol. The quantitative estimate of drug-likeness (QED) is 0.671. The van der Waals surface area contributed by atoms with Gasteiger partial charge in [-0.05, 0) is 0 Å². The summed E-state index contributed by atoms with van der Waals surface area (Å²) < 4.78 is 2.24. The molecule has 0 atom stereocenters. The zero-order valence-corrected chi connectivity index (χ0v) is 15.4. The topological polar surface area (TPSA) is 59.3 Å². The summed E-state index contributed by atoms with van der Waals surface area (Å²) in [6, 6.07) is 2.85. The van der Waals surface area contributed by atoms with Gasteiger partial charge in [0.15, 0.2) is 0 Å². The summed E-state index contributed by atoms with van der Waals surface area (Å²) in [5, 5.41) is 12.6. The first kappa shape index (κ1) is 19.8. The van der Waals surface area contributed by atoms with Crippen LogP contribution in [0.5, 0.6) is 0 Å². The van der Waals surface area contributed by atoms with Crippen LogP contribution in [-0.4, -0.2) is 39.5 Å². The third kappa shape index (κ3) is 3.92. The fraction of sp³-hybridized carbons (Fsp3) is 0.933. The van der Waals surface area contributed by atoms with E-state index in [9.17, 15) is 4.89 Å². The second kappa shape index (κ2) is 7.18. The van der Waals surface area contributed by atoms with Gasteiger partial charge in [-0.3, -0.25) is 0 Å². The van der Waals surface area contributed by atoms with E-state index < -0.39 is 7.13 Å². The Morgan fingerprint density at radius 2 is 1.50 bits per heavy atom.